The Hall–Kier alpha value is -2.12. The molecule has 0 aliphatic carbocycles. The molecule has 0 aliphatic heterocycles. The molecular weight excluding hydrogens is 248 g/mol. The molecule has 1 heterocycles. The van der Waals surface area contributed by atoms with Crippen molar-refractivity contribution < 1.29 is 0 Å². The Kier molecular flexibility index (Phi) is 1.67. The van der Waals surface area contributed by atoms with Gasteiger partial charge in [-0.3, -0.25) is 0 Å². The standard InChI is InChI=1S/C18H10S/c1-2-6-12-11(5-1)13-7-3-9-15-17(13)18-14(12)8-4-10-16(18)19-15/h1-10H. The Labute approximate surface area is 114 Å². The second-order valence-corrected chi connectivity index (χ2v) is 6.09. The van der Waals surface area contributed by atoms with Gasteiger partial charge < -0.3 is 0 Å². The summed E-state index contributed by atoms with van der Waals surface area (Å²) in [6, 6.07) is 22.1. The minimum Gasteiger partial charge on any atom is -0.135 e. The molecule has 0 amide bonds. The average molecular weight is 258 g/mol. The van der Waals surface area contributed by atoms with Crippen LogP contribution < -0.4 is 0 Å². The molecule has 0 aliphatic rings. The second-order valence-electron chi connectivity index (χ2n) is 5.01. The highest BCUT2D eigenvalue weighted by Crippen LogP contribution is 2.44. The van der Waals surface area contributed by atoms with Gasteiger partial charge in [0.25, 0.3) is 0 Å². The summed E-state index contributed by atoms with van der Waals surface area (Å²) in [4.78, 5) is 0. The summed E-state index contributed by atoms with van der Waals surface area (Å²) in [5, 5.41) is 8.39. The molecule has 0 bridgehead atoms. The van der Waals surface area contributed by atoms with Gasteiger partial charge in [-0.1, -0.05) is 48.5 Å². The first-order chi connectivity index (χ1) is 9.43. The minimum atomic E-state index is 1.37. The summed E-state index contributed by atoms with van der Waals surface area (Å²) in [5.74, 6) is 0. The summed E-state index contributed by atoms with van der Waals surface area (Å²) in [6.45, 7) is 0. The fraction of sp³-hybridized carbons (Fsp3) is 0. The van der Waals surface area contributed by atoms with Crippen LogP contribution in [0.25, 0.3) is 41.7 Å². The summed E-state index contributed by atoms with van der Waals surface area (Å²) >= 11 is 1.90. The van der Waals surface area contributed by atoms with Crippen molar-refractivity contribution in [1.29, 1.82) is 0 Å². The van der Waals surface area contributed by atoms with Gasteiger partial charge in [-0.2, -0.15) is 0 Å². The van der Waals surface area contributed by atoms with Crippen LogP contribution in [0.3, 0.4) is 0 Å². The molecule has 5 rings (SSSR count). The van der Waals surface area contributed by atoms with Crippen molar-refractivity contribution in [2.24, 2.45) is 0 Å². The Balaban J connectivity index is 2.34. The number of hydrogen-bond donors (Lipinski definition) is 0. The van der Waals surface area contributed by atoms with Gasteiger partial charge in [0.05, 0.1) is 0 Å². The molecule has 0 nitrogen and oxygen atoms in total. The molecule has 5 aromatic rings. The van der Waals surface area contributed by atoms with Crippen molar-refractivity contribution in [2.45, 2.75) is 0 Å². The highest BCUT2D eigenvalue weighted by molar-refractivity contribution is 7.26. The van der Waals surface area contributed by atoms with Crippen molar-refractivity contribution in [2.75, 3.05) is 0 Å². The molecule has 1 heteroatoms. The molecule has 0 spiro atoms. The van der Waals surface area contributed by atoms with Gasteiger partial charge in [-0.05, 0) is 33.7 Å². The Morgan fingerprint density at radius 2 is 0.947 bits per heavy atom. The predicted molar refractivity (Wildman–Crippen MR) is 85.5 cm³/mol. The van der Waals surface area contributed by atoms with E-state index in [9.17, 15) is 0 Å². The first-order valence-electron chi connectivity index (χ1n) is 6.47. The molecule has 0 saturated heterocycles. The first kappa shape index (κ1) is 9.76. The van der Waals surface area contributed by atoms with Crippen molar-refractivity contribution in [3.05, 3.63) is 60.7 Å². The quantitative estimate of drug-likeness (QED) is 0.308. The molecule has 1 aromatic heterocycles. The van der Waals surface area contributed by atoms with Gasteiger partial charge >= 0.3 is 0 Å². The predicted octanol–water partition coefficient (Wildman–Crippen LogP) is 5.80. The van der Waals surface area contributed by atoms with Crippen LogP contribution >= 0.6 is 11.3 Å². The van der Waals surface area contributed by atoms with E-state index in [4.69, 9.17) is 0 Å². The van der Waals surface area contributed by atoms with E-state index in [0.29, 0.717) is 0 Å². The van der Waals surface area contributed by atoms with E-state index in [2.05, 4.69) is 60.7 Å². The third-order valence-corrected chi connectivity index (χ3v) is 5.15. The lowest BCUT2D eigenvalue weighted by molar-refractivity contribution is 1.82. The molecule has 0 N–H and O–H groups in total. The van der Waals surface area contributed by atoms with Crippen LogP contribution in [0.1, 0.15) is 0 Å². The molecular formula is C18H10S. The van der Waals surface area contributed by atoms with Crippen LogP contribution in [0.4, 0.5) is 0 Å². The van der Waals surface area contributed by atoms with Gasteiger partial charge in [0.1, 0.15) is 0 Å². The van der Waals surface area contributed by atoms with Crippen LogP contribution in [0.15, 0.2) is 60.7 Å². The lowest BCUT2D eigenvalue weighted by Gasteiger charge is -2.08. The summed E-state index contributed by atoms with van der Waals surface area (Å²) in [7, 11) is 0. The zero-order valence-electron chi connectivity index (χ0n) is 10.2. The fourth-order valence-corrected chi connectivity index (χ4v) is 4.43. The summed E-state index contributed by atoms with van der Waals surface area (Å²) in [6.07, 6.45) is 0. The van der Waals surface area contributed by atoms with Crippen molar-refractivity contribution in [3.8, 4) is 0 Å². The van der Waals surface area contributed by atoms with E-state index in [-0.39, 0.29) is 0 Å². The number of hydrogen-bond acceptors (Lipinski definition) is 1. The number of thiophene rings is 1. The molecule has 0 unspecified atom stereocenters. The van der Waals surface area contributed by atoms with Gasteiger partial charge in [-0.25, -0.2) is 0 Å². The molecule has 0 fully saturated rings. The molecule has 4 aromatic carbocycles. The summed E-state index contributed by atoms with van der Waals surface area (Å²) < 4.78 is 2.80. The molecule has 19 heavy (non-hydrogen) atoms. The number of fused-ring (bicyclic) bond motifs is 3. The normalized spacial score (nSPS) is 12.2. The topological polar surface area (TPSA) is 0 Å². The SMILES string of the molecule is c1ccc2c(c1)c1cccc3sc4cccc2c4c31. The van der Waals surface area contributed by atoms with Gasteiger partial charge in [-0.15, -0.1) is 11.3 Å². The Bertz CT molecular complexity index is 969. The zero-order valence-corrected chi connectivity index (χ0v) is 11.0. The monoisotopic (exact) mass is 258 g/mol. The van der Waals surface area contributed by atoms with Gasteiger partial charge in [0, 0.05) is 20.2 Å². The van der Waals surface area contributed by atoms with Crippen molar-refractivity contribution in [3.63, 3.8) is 0 Å². The average Bonchev–Trinajstić information content (AvgIpc) is 2.86. The van der Waals surface area contributed by atoms with E-state index in [0.717, 1.165) is 0 Å². The summed E-state index contributed by atoms with van der Waals surface area (Å²) in [5.41, 5.74) is 0. The highest BCUT2D eigenvalue weighted by atomic mass is 32.1. The third-order valence-electron chi connectivity index (χ3n) is 4.03. The van der Waals surface area contributed by atoms with Crippen LogP contribution in [-0.2, 0) is 0 Å². The van der Waals surface area contributed by atoms with E-state index in [1.54, 1.807) is 0 Å². The van der Waals surface area contributed by atoms with Crippen molar-refractivity contribution >= 4 is 53.1 Å². The van der Waals surface area contributed by atoms with Gasteiger partial charge in [0.2, 0.25) is 0 Å². The Morgan fingerprint density at radius 3 is 1.47 bits per heavy atom. The zero-order chi connectivity index (χ0) is 12.4. The maximum absolute atomic E-state index is 2.25. The smallest absolute Gasteiger partial charge is 0.0361 e. The molecule has 0 saturated carbocycles. The largest absolute Gasteiger partial charge is 0.135 e. The van der Waals surface area contributed by atoms with Crippen LogP contribution in [0, 0.1) is 0 Å². The van der Waals surface area contributed by atoms with E-state index in [1.165, 1.54) is 41.7 Å². The first-order valence-corrected chi connectivity index (χ1v) is 7.29. The maximum Gasteiger partial charge on any atom is 0.0361 e. The molecule has 88 valence electrons. The minimum absolute atomic E-state index is 1.37. The third kappa shape index (κ3) is 1.09. The molecule has 0 radical (unpaired) electrons. The van der Waals surface area contributed by atoms with Crippen LogP contribution in [-0.4, -0.2) is 0 Å². The van der Waals surface area contributed by atoms with Crippen molar-refractivity contribution in [1.82, 2.24) is 0 Å². The number of rotatable bonds is 0. The van der Waals surface area contributed by atoms with E-state index >= 15 is 0 Å². The number of benzene rings is 4. The van der Waals surface area contributed by atoms with Crippen LogP contribution in [0.2, 0.25) is 0 Å². The van der Waals surface area contributed by atoms with E-state index < -0.39 is 0 Å². The lowest BCUT2D eigenvalue weighted by atomic mass is 9.95. The van der Waals surface area contributed by atoms with E-state index in [1.807, 2.05) is 11.3 Å². The maximum atomic E-state index is 2.25. The van der Waals surface area contributed by atoms with Gasteiger partial charge in [0.15, 0.2) is 0 Å². The highest BCUT2D eigenvalue weighted by Gasteiger charge is 2.14. The lowest BCUT2D eigenvalue weighted by Crippen LogP contribution is -1.80. The molecule has 0 atom stereocenters. The fourth-order valence-electron chi connectivity index (χ4n) is 3.27. The second kappa shape index (κ2) is 3.25. The Morgan fingerprint density at radius 1 is 0.474 bits per heavy atom. The van der Waals surface area contributed by atoms with Crippen LogP contribution in [0.5, 0.6) is 0 Å².